The Hall–Kier alpha value is -3.14. The summed E-state index contributed by atoms with van der Waals surface area (Å²) in [7, 11) is -2.82. The van der Waals surface area contributed by atoms with Crippen LogP contribution in [0.2, 0.25) is 0 Å². The van der Waals surface area contributed by atoms with E-state index in [2.05, 4.69) is 10.1 Å². The monoisotopic (exact) mass is 494 g/mol. The lowest BCUT2D eigenvalue weighted by molar-refractivity contribution is -0.158. The van der Waals surface area contributed by atoms with Crippen LogP contribution in [0.5, 0.6) is 11.5 Å². The number of rotatable bonds is 9. The number of carbonyl (C=O) groups is 1. The van der Waals surface area contributed by atoms with Gasteiger partial charge in [0.2, 0.25) is 5.91 Å². The summed E-state index contributed by atoms with van der Waals surface area (Å²) in [5.41, 5.74) is 0.553. The third-order valence-corrected chi connectivity index (χ3v) is 7.09. The van der Waals surface area contributed by atoms with Gasteiger partial charge in [-0.05, 0) is 50.5 Å². The zero-order chi connectivity index (χ0) is 24.9. The quantitative estimate of drug-likeness (QED) is 0.485. The van der Waals surface area contributed by atoms with Gasteiger partial charge in [-0.3, -0.25) is 9.10 Å². The topological polar surface area (TPSA) is 84.9 Å². The lowest BCUT2D eigenvalue weighted by Crippen LogP contribution is -2.27. The molecule has 10 heteroatoms. The van der Waals surface area contributed by atoms with Crippen molar-refractivity contribution in [2.75, 3.05) is 23.3 Å². The highest BCUT2D eigenvalue weighted by molar-refractivity contribution is 7.92. The minimum absolute atomic E-state index is 0.0724. The number of nitrogens with zero attached hydrogens (tertiary/aromatic N) is 1. The Morgan fingerprint density at radius 3 is 2.62 bits per heavy atom. The van der Waals surface area contributed by atoms with Crippen molar-refractivity contribution in [1.29, 1.82) is 0 Å². The molecule has 3 rings (SSSR count). The lowest BCUT2D eigenvalue weighted by Gasteiger charge is -2.23. The van der Waals surface area contributed by atoms with Crippen LogP contribution in [0.3, 0.4) is 0 Å². The molecule has 0 aromatic heterocycles. The Bertz CT molecular complexity index is 1160. The summed E-state index contributed by atoms with van der Waals surface area (Å²) >= 11 is 0. The number of sulfonamides is 1. The molecule has 0 radical (unpaired) electrons. The molecule has 0 spiro atoms. The molecule has 2 aromatic carbocycles. The summed E-state index contributed by atoms with van der Waals surface area (Å²) in [4.78, 5) is 12.4. The molecule has 1 amide bonds. The predicted molar refractivity (Wildman–Crippen MR) is 126 cm³/mol. The van der Waals surface area contributed by atoms with Gasteiger partial charge >= 0.3 is 6.11 Å². The van der Waals surface area contributed by atoms with E-state index in [0.717, 1.165) is 17.1 Å². The van der Waals surface area contributed by atoms with E-state index in [1.807, 2.05) is 12.2 Å². The van der Waals surface area contributed by atoms with Gasteiger partial charge in [-0.1, -0.05) is 18.2 Å². The first-order chi connectivity index (χ1) is 16.0. The first-order valence-electron chi connectivity index (χ1n) is 10.9. The molecule has 1 unspecified atom stereocenters. The van der Waals surface area contributed by atoms with Crippen LogP contribution in [0.25, 0.3) is 0 Å². The second-order valence-electron chi connectivity index (χ2n) is 7.94. The molecule has 1 aliphatic rings. The molecule has 0 saturated heterocycles. The summed E-state index contributed by atoms with van der Waals surface area (Å²) in [5, 5.41) is 2.83. The summed E-state index contributed by atoms with van der Waals surface area (Å²) in [6.45, 7) is 2.51. The van der Waals surface area contributed by atoms with Crippen LogP contribution >= 0.6 is 0 Å². The van der Waals surface area contributed by atoms with Gasteiger partial charge in [0.1, 0.15) is 16.4 Å². The van der Waals surface area contributed by atoms with Gasteiger partial charge in [0.05, 0.1) is 12.3 Å². The molecule has 34 heavy (non-hydrogen) atoms. The summed E-state index contributed by atoms with van der Waals surface area (Å²) in [6, 6.07) is 9.73. The normalized spacial score (nSPS) is 16.1. The van der Waals surface area contributed by atoms with Crippen molar-refractivity contribution in [2.45, 2.75) is 44.1 Å². The van der Waals surface area contributed by atoms with Crippen molar-refractivity contribution in [2.24, 2.45) is 5.92 Å². The fourth-order valence-corrected chi connectivity index (χ4v) is 4.88. The SMILES string of the molecule is CCOc1cc(NC(=O)C2CC=CCC2)ccc1S(=O)(=O)N(C)c1cccc(OC(C)(F)F)c1. The molecule has 184 valence electrons. The highest BCUT2D eigenvalue weighted by atomic mass is 32.2. The maximum Gasteiger partial charge on any atom is 0.394 e. The maximum atomic E-state index is 13.4. The Morgan fingerprint density at radius 2 is 1.97 bits per heavy atom. The molecule has 0 aliphatic heterocycles. The molecule has 7 nitrogen and oxygen atoms in total. The standard InChI is InChI=1S/C24H28F2N2O5S/c1-4-32-21-15-18(27-23(29)17-9-6-5-7-10-17)13-14-22(21)34(30,31)28(3)19-11-8-12-20(16-19)33-24(2,25)26/h5-6,8,11-17H,4,7,9-10H2,1-3H3,(H,27,29). The number of hydrogen-bond donors (Lipinski definition) is 1. The molecule has 0 saturated carbocycles. The maximum absolute atomic E-state index is 13.4. The number of ether oxygens (including phenoxy) is 2. The van der Waals surface area contributed by atoms with E-state index < -0.39 is 16.1 Å². The zero-order valence-electron chi connectivity index (χ0n) is 19.3. The number of alkyl halides is 2. The molecular weight excluding hydrogens is 466 g/mol. The van der Waals surface area contributed by atoms with Crippen LogP contribution in [-0.4, -0.2) is 34.1 Å². The largest absolute Gasteiger partial charge is 0.492 e. The Balaban J connectivity index is 1.87. The number of hydrogen-bond acceptors (Lipinski definition) is 5. The number of amides is 1. The summed E-state index contributed by atoms with van der Waals surface area (Å²) in [6.07, 6.45) is 2.87. The Morgan fingerprint density at radius 1 is 1.21 bits per heavy atom. The van der Waals surface area contributed by atoms with Crippen molar-refractivity contribution in [3.63, 3.8) is 0 Å². The van der Waals surface area contributed by atoms with E-state index in [-0.39, 0.29) is 40.5 Å². The number of allylic oxidation sites excluding steroid dienone is 2. The third kappa shape index (κ3) is 6.25. The number of anilines is 2. The van der Waals surface area contributed by atoms with Crippen molar-refractivity contribution in [1.82, 2.24) is 0 Å². The zero-order valence-corrected chi connectivity index (χ0v) is 20.1. The third-order valence-electron chi connectivity index (χ3n) is 5.27. The molecular formula is C24H28F2N2O5S. The van der Waals surface area contributed by atoms with Gasteiger partial charge in [-0.25, -0.2) is 8.42 Å². The Kier molecular flexibility index (Phi) is 7.81. The van der Waals surface area contributed by atoms with E-state index >= 15 is 0 Å². The first kappa shape index (κ1) is 25.5. The van der Waals surface area contributed by atoms with Gasteiger partial charge in [0.25, 0.3) is 10.0 Å². The van der Waals surface area contributed by atoms with Crippen LogP contribution in [0, 0.1) is 5.92 Å². The summed E-state index contributed by atoms with van der Waals surface area (Å²) in [5.74, 6) is -0.375. The van der Waals surface area contributed by atoms with Crippen LogP contribution in [-0.2, 0) is 14.8 Å². The average Bonchev–Trinajstić information content (AvgIpc) is 2.78. The number of carbonyl (C=O) groups excluding carboxylic acids is 1. The van der Waals surface area contributed by atoms with E-state index in [4.69, 9.17) is 4.74 Å². The van der Waals surface area contributed by atoms with E-state index in [1.165, 1.54) is 49.5 Å². The second kappa shape index (κ2) is 10.4. The van der Waals surface area contributed by atoms with Crippen LogP contribution in [0.15, 0.2) is 59.5 Å². The first-order valence-corrected chi connectivity index (χ1v) is 12.3. The second-order valence-corrected chi connectivity index (χ2v) is 9.88. The van der Waals surface area contributed by atoms with E-state index in [9.17, 15) is 22.0 Å². The smallest absolute Gasteiger partial charge is 0.394 e. The molecule has 2 aromatic rings. The number of nitrogens with one attached hydrogen (secondary N) is 1. The van der Waals surface area contributed by atoms with Gasteiger partial charge in [-0.15, -0.1) is 0 Å². The highest BCUT2D eigenvalue weighted by Gasteiger charge is 2.28. The van der Waals surface area contributed by atoms with Gasteiger partial charge in [0, 0.05) is 37.7 Å². The van der Waals surface area contributed by atoms with Crippen molar-refractivity contribution in [3.05, 3.63) is 54.6 Å². The number of halogens is 2. The van der Waals surface area contributed by atoms with E-state index in [1.54, 1.807) is 6.92 Å². The minimum atomic E-state index is -4.13. The molecule has 1 aliphatic carbocycles. The van der Waals surface area contributed by atoms with Gasteiger partial charge in [0.15, 0.2) is 0 Å². The minimum Gasteiger partial charge on any atom is -0.492 e. The van der Waals surface area contributed by atoms with Gasteiger partial charge < -0.3 is 14.8 Å². The van der Waals surface area contributed by atoms with E-state index in [0.29, 0.717) is 19.0 Å². The summed E-state index contributed by atoms with van der Waals surface area (Å²) < 4.78 is 64.3. The highest BCUT2D eigenvalue weighted by Crippen LogP contribution is 2.34. The predicted octanol–water partition coefficient (Wildman–Crippen LogP) is 5.20. The van der Waals surface area contributed by atoms with Crippen molar-refractivity contribution in [3.8, 4) is 11.5 Å². The average molecular weight is 495 g/mol. The van der Waals surface area contributed by atoms with Crippen LogP contribution < -0.4 is 19.1 Å². The van der Waals surface area contributed by atoms with Gasteiger partial charge in [-0.2, -0.15) is 8.78 Å². The Labute approximate surface area is 198 Å². The van der Waals surface area contributed by atoms with Crippen molar-refractivity contribution >= 4 is 27.3 Å². The molecule has 1 atom stereocenters. The lowest BCUT2D eigenvalue weighted by atomic mass is 9.93. The van der Waals surface area contributed by atoms with Crippen LogP contribution in [0.1, 0.15) is 33.1 Å². The fourth-order valence-electron chi connectivity index (χ4n) is 3.58. The molecule has 1 N–H and O–H groups in total. The number of benzene rings is 2. The molecule has 0 heterocycles. The molecule has 0 bridgehead atoms. The van der Waals surface area contributed by atoms with Crippen molar-refractivity contribution < 1.29 is 31.5 Å². The molecule has 0 fully saturated rings. The van der Waals surface area contributed by atoms with Crippen LogP contribution in [0.4, 0.5) is 20.2 Å². The fraction of sp³-hybridized carbons (Fsp3) is 0.375.